The molecule has 0 bridgehead atoms. The van der Waals surface area contributed by atoms with Crippen LogP contribution in [0.3, 0.4) is 0 Å². The van der Waals surface area contributed by atoms with E-state index in [0.29, 0.717) is 13.2 Å². The van der Waals surface area contributed by atoms with Gasteiger partial charge in [0.1, 0.15) is 18.1 Å². The quantitative estimate of drug-likeness (QED) is 0.255. The molecule has 0 amide bonds. The van der Waals surface area contributed by atoms with E-state index in [1.807, 2.05) is 24.3 Å². The van der Waals surface area contributed by atoms with Crippen LogP contribution in [0.4, 0.5) is 0 Å². The zero-order valence-electron chi connectivity index (χ0n) is 16.2. The Morgan fingerprint density at radius 1 is 1.25 bits per heavy atom. The lowest BCUT2D eigenvalue weighted by atomic mass is 10.1. The number of nitrogens with one attached hydrogen (secondary N) is 2. The molecule has 2 aromatic carbocycles. The second-order valence-electron chi connectivity index (χ2n) is 6.35. The Labute approximate surface area is 184 Å². The summed E-state index contributed by atoms with van der Waals surface area (Å²) in [4.78, 5) is 4.30. The van der Waals surface area contributed by atoms with Gasteiger partial charge in [-0.2, -0.15) is 0 Å². The molecule has 2 aromatic rings. The first kappa shape index (κ1) is 22.1. The smallest absolute Gasteiger partial charge is 0.191 e. The SMILES string of the molecule is C=CCOc1ccccc1CNC(=NC)NCCc1ccc2c(c1)CCO2.I. The van der Waals surface area contributed by atoms with Crippen molar-refractivity contribution < 1.29 is 9.47 Å². The number of aliphatic imine (C=N–C) groups is 1. The van der Waals surface area contributed by atoms with Gasteiger partial charge in [0.25, 0.3) is 0 Å². The van der Waals surface area contributed by atoms with Crippen LogP contribution in [0.25, 0.3) is 0 Å². The molecule has 0 aliphatic carbocycles. The van der Waals surface area contributed by atoms with Crippen LogP contribution < -0.4 is 20.1 Å². The highest BCUT2D eigenvalue weighted by molar-refractivity contribution is 14.0. The van der Waals surface area contributed by atoms with Gasteiger partial charge in [0.15, 0.2) is 5.96 Å². The van der Waals surface area contributed by atoms with Gasteiger partial charge in [0.2, 0.25) is 0 Å². The van der Waals surface area contributed by atoms with Crippen LogP contribution in [0, 0.1) is 0 Å². The number of benzene rings is 2. The molecule has 28 heavy (non-hydrogen) atoms. The average molecular weight is 493 g/mol. The van der Waals surface area contributed by atoms with Crippen LogP contribution in [-0.4, -0.2) is 32.8 Å². The van der Waals surface area contributed by atoms with Crippen LogP contribution in [0.1, 0.15) is 16.7 Å². The Hall–Kier alpha value is -2.22. The predicted molar refractivity (Wildman–Crippen MR) is 125 cm³/mol. The predicted octanol–water partition coefficient (Wildman–Crippen LogP) is 3.71. The molecule has 1 aliphatic heterocycles. The summed E-state index contributed by atoms with van der Waals surface area (Å²) in [5, 5.41) is 6.71. The molecule has 6 heteroatoms. The van der Waals surface area contributed by atoms with Crippen molar-refractivity contribution in [1.82, 2.24) is 10.6 Å². The molecule has 0 fully saturated rings. The molecular weight excluding hydrogens is 465 g/mol. The molecule has 5 nitrogen and oxygen atoms in total. The van der Waals surface area contributed by atoms with E-state index >= 15 is 0 Å². The highest BCUT2D eigenvalue weighted by Crippen LogP contribution is 2.25. The first-order valence-electron chi connectivity index (χ1n) is 9.31. The number of guanidine groups is 1. The van der Waals surface area contributed by atoms with Crippen molar-refractivity contribution in [3.63, 3.8) is 0 Å². The maximum Gasteiger partial charge on any atom is 0.191 e. The molecule has 0 saturated heterocycles. The van der Waals surface area contributed by atoms with Gasteiger partial charge in [-0.15, -0.1) is 24.0 Å². The zero-order valence-corrected chi connectivity index (χ0v) is 18.6. The van der Waals surface area contributed by atoms with Gasteiger partial charge >= 0.3 is 0 Å². The minimum absolute atomic E-state index is 0. The Morgan fingerprint density at radius 2 is 2.11 bits per heavy atom. The second-order valence-corrected chi connectivity index (χ2v) is 6.35. The molecule has 0 aromatic heterocycles. The van der Waals surface area contributed by atoms with Crippen molar-refractivity contribution in [2.75, 3.05) is 26.8 Å². The maximum atomic E-state index is 5.70. The summed E-state index contributed by atoms with van der Waals surface area (Å²) in [7, 11) is 1.78. The number of fused-ring (bicyclic) bond motifs is 1. The van der Waals surface area contributed by atoms with E-state index in [1.165, 1.54) is 11.1 Å². The van der Waals surface area contributed by atoms with Crippen LogP contribution in [0.5, 0.6) is 11.5 Å². The van der Waals surface area contributed by atoms with E-state index in [0.717, 1.165) is 49.0 Å². The lowest BCUT2D eigenvalue weighted by Gasteiger charge is -2.14. The van der Waals surface area contributed by atoms with E-state index in [2.05, 4.69) is 40.4 Å². The Balaban J connectivity index is 0.00000280. The van der Waals surface area contributed by atoms with E-state index < -0.39 is 0 Å². The molecular formula is C22H28IN3O2. The molecule has 3 rings (SSSR count). The molecule has 0 unspecified atom stereocenters. The summed E-state index contributed by atoms with van der Waals surface area (Å²) < 4.78 is 11.3. The van der Waals surface area contributed by atoms with Crippen LogP contribution in [0.2, 0.25) is 0 Å². The summed E-state index contributed by atoms with van der Waals surface area (Å²) in [5.74, 6) is 2.67. The molecule has 150 valence electrons. The number of ether oxygens (including phenoxy) is 2. The van der Waals surface area contributed by atoms with Crippen molar-refractivity contribution in [2.45, 2.75) is 19.4 Å². The molecule has 0 atom stereocenters. The molecule has 0 radical (unpaired) electrons. The van der Waals surface area contributed by atoms with E-state index in [9.17, 15) is 0 Å². The van der Waals surface area contributed by atoms with Gasteiger partial charge in [-0.05, 0) is 29.7 Å². The van der Waals surface area contributed by atoms with Gasteiger partial charge in [-0.25, -0.2) is 0 Å². The van der Waals surface area contributed by atoms with Crippen LogP contribution >= 0.6 is 24.0 Å². The van der Waals surface area contributed by atoms with E-state index in [1.54, 1.807) is 13.1 Å². The summed E-state index contributed by atoms with van der Waals surface area (Å²) in [5.41, 5.74) is 3.71. The monoisotopic (exact) mass is 493 g/mol. The van der Waals surface area contributed by atoms with Gasteiger partial charge < -0.3 is 20.1 Å². The fraction of sp³-hybridized carbons (Fsp3) is 0.318. The Morgan fingerprint density at radius 3 is 2.93 bits per heavy atom. The zero-order chi connectivity index (χ0) is 18.9. The normalized spacial score (nSPS) is 12.4. The number of hydrogen-bond acceptors (Lipinski definition) is 3. The molecule has 1 aliphatic rings. The topological polar surface area (TPSA) is 54.9 Å². The first-order valence-corrected chi connectivity index (χ1v) is 9.31. The molecule has 1 heterocycles. The lowest BCUT2D eigenvalue weighted by Crippen LogP contribution is -2.37. The number of para-hydroxylation sites is 1. The van der Waals surface area contributed by atoms with Crippen molar-refractivity contribution in [2.24, 2.45) is 4.99 Å². The maximum absolute atomic E-state index is 5.70. The number of nitrogens with zero attached hydrogens (tertiary/aromatic N) is 1. The van der Waals surface area contributed by atoms with Gasteiger partial charge in [-0.1, -0.05) is 43.0 Å². The number of rotatable bonds is 8. The lowest BCUT2D eigenvalue weighted by molar-refractivity contribution is 0.357. The van der Waals surface area contributed by atoms with Crippen molar-refractivity contribution >= 4 is 29.9 Å². The summed E-state index contributed by atoms with van der Waals surface area (Å²) in [6.45, 7) is 6.44. The van der Waals surface area contributed by atoms with Gasteiger partial charge in [0, 0.05) is 32.1 Å². The second kappa shape index (κ2) is 11.6. The third kappa shape index (κ3) is 6.15. The van der Waals surface area contributed by atoms with Crippen molar-refractivity contribution in [3.8, 4) is 11.5 Å². The largest absolute Gasteiger partial charge is 0.493 e. The minimum atomic E-state index is 0. The number of hydrogen-bond donors (Lipinski definition) is 2. The van der Waals surface area contributed by atoms with E-state index in [-0.39, 0.29) is 24.0 Å². The molecule has 2 N–H and O–H groups in total. The Kier molecular flexibility index (Phi) is 9.13. The Bertz CT molecular complexity index is 808. The molecule has 0 spiro atoms. The number of halogens is 1. The summed E-state index contributed by atoms with van der Waals surface area (Å²) in [6, 6.07) is 14.4. The highest BCUT2D eigenvalue weighted by atomic mass is 127. The van der Waals surface area contributed by atoms with Crippen LogP contribution in [-0.2, 0) is 19.4 Å². The average Bonchev–Trinajstić information content (AvgIpc) is 3.17. The molecule has 0 saturated carbocycles. The summed E-state index contributed by atoms with van der Waals surface area (Å²) in [6.07, 6.45) is 3.69. The third-order valence-corrected chi connectivity index (χ3v) is 4.46. The fourth-order valence-electron chi connectivity index (χ4n) is 3.06. The van der Waals surface area contributed by atoms with Crippen LogP contribution in [0.15, 0.2) is 60.1 Å². The summed E-state index contributed by atoms with van der Waals surface area (Å²) >= 11 is 0. The van der Waals surface area contributed by atoms with Crippen molar-refractivity contribution in [3.05, 3.63) is 71.8 Å². The first-order chi connectivity index (χ1) is 13.3. The highest BCUT2D eigenvalue weighted by Gasteiger charge is 2.11. The fourth-order valence-corrected chi connectivity index (χ4v) is 3.06. The van der Waals surface area contributed by atoms with Gasteiger partial charge in [0.05, 0.1) is 6.61 Å². The van der Waals surface area contributed by atoms with E-state index in [4.69, 9.17) is 9.47 Å². The van der Waals surface area contributed by atoms with Crippen molar-refractivity contribution in [1.29, 1.82) is 0 Å². The third-order valence-electron chi connectivity index (χ3n) is 4.46. The van der Waals surface area contributed by atoms with Gasteiger partial charge in [-0.3, -0.25) is 4.99 Å². The standard InChI is InChI=1S/C22H27N3O2.HI/c1-3-13-26-20-7-5-4-6-19(20)16-25-22(23-2)24-12-10-17-8-9-21-18(15-17)11-14-27-21;/h3-9,15H,1,10-14,16H2,2H3,(H2,23,24,25);1H. The minimum Gasteiger partial charge on any atom is -0.493 e.